The highest BCUT2D eigenvalue weighted by molar-refractivity contribution is 8.19. The fourth-order valence-corrected chi connectivity index (χ4v) is 15.1. The molecule has 0 N–H and O–H groups in total. The van der Waals surface area contributed by atoms with Crippen LogP contribution in [0.4, 0.5) is 0 Å². The largest absolute Gasteiger partial charge is 0.490 e. The van der Waals surface area contributed by atoms with Gasteiger partial charge in [-0.05, 0) is 203 Å². The second-order valence-corrected chi connectivity index (χ2v) is 29.2. The van der Waals surface area contributed by atoms with Crippen LogP contribution >= 0.6 is 58.4 Å². The number of hydrogen-bond donors (Lipinski definition) is 0. The maximum atomic E-state index is 13.3. The molecule has 0 aliphatic carbocycles. The zero-order chi connectivity index (χ0) is 75.3. The first kappa shape index (κ1) is 74.0. The molecular formula is C84H60O20S5. The van der Waals surface area contributed by atoms with Gasteiger partial charge >= 0.3 is 0 Å². The number of ketones is 3. The van der Waals surface area contributed by atoms with E-state index in [2.05, 4.69) is 0 Å². The molecule has 546 valence electrons. The summed E-state index contributed by atoms with van der Waals surface area (Å²) in [7, 11) is 0. The van der Waals surface area contributed by atoms with Gasteiger partial charge in [-0.25, -0.2) is 0 Å². The average Bonchev–Trinajstić information content (AvgIpc) is 1.45. The van der Waals surface area contributed by atoms with E-state index >= 15 is 0 Å². The zero-order valence-corrected chi connectivity index (χ0v) is 61.7. The van der Waals surface area contributed by atoms with Gasteiger partial charge in [0.2, 0.25) is 55.7 Å². The molecule has 0 spiro atoms. The van der Waals surface area contributed by atoms with Crippen LogP contribution in [-0.2, 0) is 28.8 Å². The highest BCUT2D eigenvalue weighted by atomic mass is 32.2. The summed E-state index contributed by atoms with van der Waals surface area (Å²) in [5, 5.41) is 2.85. The van der Waals surface area contributed by atoms with Crippen molar-refractivity contribution in [2.45, 2.75) is 24.2 Å². The molecule has 0 amide bonds. The summed E-state index contributed by atoms with van der Waals surface area (Å²) in [6.45, 7) is 1.13. The number of ether oxygens (including phenoxy) is 8. The lowest BCUT2D eigenvalue weighted by atomic mass is 10.1. The molecule has 0 saturated carbocycles. The molecule has 0 bridgehead atoms. The number of thiophene rings is 1. The topological polar surface area (TPSA) is 267 Å². The van der Waals surface area contributed by atoms with Crippen molar-refractivity contribution < 1.29 is 79.9 Å². The van der Waals surface area contributed by atoms with Crippen molar-refractivity contribution in [2.24, 2.45) is 0 Å². The number of fused-ring (bicyclic) bond motifs is 4. The van der Waals surface area contributed by atoms with E-state index in [1.54, 1.807) is 157 Å². The molecule has 4 aliphatic rings. The standard InChI is InChI=1S/C29H20O8S.C29H22O6S2.C26H18O6S2/c30-21-15-26(31)38-25(21)13-17-5-8-19(9-6-17)33-11-12-34-29-27(32)20-3-1-2-4-22(20)37-28(29)18-7-10-23-24(14-18)36-16-35-23;1-36-21-12-8-19(9-13-21)28-29(27(32)22-4-2-3-5-24(22)35-28)34-15-14-33-20-10-6-18(7-11-20)16-25-23(30)17-26(31)37-25;27-19-15-23(28)34-22(19)14-16-7-9-17(10-8-16)30-11-12-31-26-24(29)18-4-1-2-5-20(18)32-25(26)21-6-3-13-33-21/h1-10,13-14H,11-12,15-16H2;2-13,16H,14-15,17H2,1H3;1-10,13-14H,11-12,15H2/b25-13-;25-16-;22-14-. The molecule has 8 heterocycles. The number of carbonyl (C=O) groups excluding carboxylic acids is 6. The van der Waals surface area contributed by atoms with Gasteiger partial charge in [0.1, 0.15) is 73.6 Å². The lowest BCUT2D eigenvalue weighted by molar-refractivity contribution is -0.120. The molecule has 109 heavy (non-hydrogen) atoms. The fraction of sp³-hybridized carbons (Fsp3) is 0.131. The summed E-state index contributed by atoms with van der Waals surface area (Å²) in [6, 6.07) is 59.5. The highest BCUT2D eigenvalue weighted by Crippen LogP contribution is 2.41. The van der Waals surface area contributed by atoms with Crippen LogP contribution < -0.4 is 54.2 Å². The van der Waals surface area contributed by atoms with E-state index in [9.17, 15) is 43.2 Å². The van der Waals surface area contributed by atoms with E-state index < -0.39 is 0 Å². The zero-order valence-electron chi connectivity index (χ0n) is 57.6. The predicted octanol–water partition coefficient (Wildman–Crippen LogP) is 17.0. The maximum absolute atomic E-state index is 13.3. The summed E-state index contributed by atoms with van der Waals surface area (Å²) in [4.78, 5) is 113. The molecule has 20 nitrogen and oxygen atoms in total. The van der Waals surface area contributed by atoms with Gasteiger partial charge in [-0.2, -0.15) is 0 Å². The van der Waals surface area contributed by atoms with Gasteiger partial charge in [-0.15, -0.1) is 23.1 Å². The lowest BCUT2D eigenvalue weighted by Gasteiger charge is -2.13. The quantitative estimate of drug-likeness (QED) is 0.0264. The van der Waals surface area contributed by atoms with Crippen molar-refractivity contribution in [2.75, 3.05) is 52.7 Å². The Labute approximate surface area is 641 Å². The Balaban J connectivity index is 0.000000137. The summed E-state index contributed by atoms with van der Waals surface area (Å²) in [5.41, 5.74) is 4.50. The van der Waals surface area contributed by atoms with Gasteiger partial charge in [0.05, 0.1) is 55.0 Å². The number of Topliss-reactive ketones (excluding diaryl/α,β-unsaturated/α-hetero) is 3. The number of rotatable bonds is 22. The molecule has 25 heteroatoms. The Morgan fingerprint density at radius 1 is 0.376 bits per heavy atom. The molecule has 8 aromatic carbocycles. The molecule has 0 unspecified atom stereocenters. The molecule has 12 aromatic rings. The van der Waals surface area contributed by atoms with Crippen LogP contribution in [0.2, 0.25) is 0 Å². The SMILES string of the molecule is CSc1ccc(-c2oc3ccccc3c(=O)c2OCCOc2ccc(/C=C3\SC(=O)CC3=O)cc2)cc1.O=C1CC(=O)/C(=C/c2ccc(OCCOc3c(-c4ccc5c(c4)OCO5)oc4ccccc4c3=O)cc2)S1.O=C1CC(=O)/C(=C/c2ccc(OCCOc3c(-c4cccs4)oc4ccccc4c3=O)cc2)S1. The number of hydrogen-bond acceptors (Lipinski definition) is 25. The van der Waals surface area contributed by atoms with Crippen LogP contribution in [0.1, 0.15) is 36.0 Å². The van der Waals surface area contributed by atoms with Crippen LogP contribution in [-0.4, -0.2) is 85.4 Å². The first-order valence-electron chi connectivity index (χ1n) is 33.8. The predicted molar refractivity (Wildman–Crippen MR) is 422 cm³/mol. The van der Waals surface area contributed by atoms with Crippen molar-refractivity contribution in [3.05, 3.63) is 268 Å². The van der Waals surface area contributed by atoms with Crippen LogP contribution in [0.3, 0.4) is 0 Å². The van der Waals surface area contributed by atoms with Crippen LogP contribution in [0.15, 0.2) is 253 Å². The van der Waals surface area contributed by atoms with Crippen LogP contribution in [0, 0.1) is 0 Å². The fourth-order valence-electron chi connectivity index (χ4n) is 11.5. The monoisotopic (exact) mass is 1550 g/mol. The molecule has 16 rings (SSSR count). The Hall–Kier alpha value is -11.9. The van der Waals surface area contributed by atoms with E-state index in [0.29, 0.717) is 99.2 Å². The number of benzene rings is 8. The summed E-state index contributed by atoms with van der Waals surface area (Å²) in [6.07, 6.45) is 6.97. The third kappa shape index (κ3) is 17.9. The Morgan fingerprint density at radius 2 is 0.743 bits per heavy atom. The average molecular weight is 1550 g/mol. The highest BCUT2D eigenvalue weighted by Gasteiger charge is 2.29. The molecule has 3 fully saturated rings. The third-order valence-corrected chi connectivity index (χ3v) is 21.2. The van der Waals surface area contributed by atoms with Crippen LogP contribution in [0.25, 0.3) is 84.4 Å². The normalized spacial score (nSPS) is 14.9. The van der Waals surface area contributed by atoms with Gasteiger partial charge in [-0.1, -0.05) is 78.9 Å². The Kier molecular flexibility index (Phi) is 23.3. The number of thioether (sulfide) groups is 4. The minimum atomic E-state index is -0.283. The first-order valence-corrected chi connectivity index (χ1v) is 38.4. The summed E-state index contributed by atoms with van der Waals surface area (Å²) >= 11 is 6.04. The molecule has 0 atom stereocenters. The van der Waals surface area contributed by atoms with Crippen molar-refractivity contribution in [1.29, 1.82) is 0 Å². The number of carbonyl (C=O) groups is 6. The minimum absolute atomic E-state index is 0.0402. The first-order chi connectivity index (χ1) is 53.1. The molecule has 0 radical (unpaired) electrons. The smallest absolute Gasteiger partial charge is 0.235 e. The second-order valence-electron chi connectivity index (χ2n) is 24.1. The maximum Gasteiger partial charge on any atom is 0.235 e. The molecule has 3 saturated heterocycles. The van der Waals surface area contributed by atoms with Gasteiger partial charge in [0, 0.05) is 16.0 Å². The van der Waals surface area contributed by atoms with E-state index in [1.165, 1.54) is 11.3 Å². The van der Waals surface area contributed by atoms with E-state index in [1.807, 2.05) is 84.4 Å². The van der Waals surface area contributed by atoms with E-state index in [4.69, 9.17) is 51.1 Å². The summed E-state index contributed by atoms with van der Waals surface area (Å²) < 4.78 is 64.1. The summed E-state index contributed by atoms with van der Waals surface area (Å²) in [5.74, 6) is 4.05. The molecule has 4 aliphatic heterocycles. The minimum Gasteiger partial charge on any atom is -0.490 e. The third-order valence-electron chi connectivity index (χ3n) is 16.7. The number of allylic oxidation sites excluding steroid dienone is 3. The second kappa shape index (κ2) is 34.4. The Bertz CT molecular complexity index is 5780. The van der Waals surface area contributed by atoms with Crippen molar-refractivity contribution in [1.82, 2.24) is 0 Å². The Morgan fingerprint density at radius 3 is 1.13 bits per heavy atom. The number of para-hydroxylation sites is 3. The molecule has 4 aromatic heterocycles. The van der Waals surface area contributed by atoms with Crippen LogP contribution in [0.5, 0.6) is 46.0 Å². The van der Waals surface area contributed by atoms with Gasteiger partial charge in [0.25, 0.3) is 0 Å². The molecular weight excluding hydrogens is 1490 g/mol. The van der Waals surface area contributed by atoms with Crippen molar-refractivity contribution in [3.63, 3.8) is 0 Å². The van der Waals surface area contributed by atoms with Gasteiger partial charge < -0.3 is 51.1 Å². The van der Waals surface area contributed by atoms with Gasteiger partial charge in [-0.3, -0.25) is 43.2 Å². The van der Waals surface area contributed by atoms with E-state index in [-0.39, 0.29) is 132 Å². The van der Waals surface area contributed by atoms with Gasteiger partial charge in [0.15, 0.2) is 46.1 Å². The van der Waals surface area contributed by atoms with Crippen molar-refractivity contribution >= 4 is 142 Å². The van der Waals surface area contributed by atoms with Crippen molar-refractivity contribution in [3.8, 4) is 79.3 Å². The lowest BCUT2D eigenvalue weighted by Crippen LogP contribution is -2.15. The van der Waals surface area contributed by atoms with E-state index in [0.717, 1.165) is 67.3 Å².